The summed E-state index contributed by atoms with van der Waals surface area (Å²) in [6.07, 6.45) is 0.664. The van der Waals surface area contributed by atoms with Crippen molar-refractivity contribution in [2.75, 3.05) is 36.0 Å². The minimum atomic E-state index is -0.573. The number of nitrogens with zero attached hydrogens (tertiary/aromatic N) is 2. The number of hydrogen-bond acceptors (Lipinski definition) is 7. The van der Waals surface area contributed by atoms with Crippen LogP contribution in [0.3, 0.4) is 0 Å². The first-order chi connectivity index (χ1) is 12.5. The van der Waals surface area contributed by atoms with Crippen LogP contribution < -0.4 is 15.1 Å². The third-order valence-corrected chi connectivity index (χ3v) is 5.04. The molecule has 0 saturated carbocycles. The molecule has 3 aliphatic rings. The van der Waals surface area contributed by atoms with Gasteiger partial charge in [-0.15, -0.1) is 0 Å². The minimum Gasteiger partial charge on any atom is -0.473 e. The molecule has 3 unspecified atom stereocenters. The highest BCUT2D eigenvalue weighted by Crippen LogP contribution is 2.33. The number of carbonyl (C=O) groups excluding carboxylic acids is 1. The van der Waals surface area contributed by atoms with Crippen molar-refractivity contribution >= 4 is 29.6 Å². The van der Waals surface area contributed by atoms with Gasteiger partial charge in [-0.05, 0) is 24.6 Å². The monoisotopic (exact) mass is 361 g/mol. The maximum Gasteiger partial charge on any atom is 0.414 e. The zero-order chi connectivity index (χ0) is 18.3. The number of hydrogen-bond donors (Lipinski definition) is 3. The van der Waals surface area contributed by atoms with E-state index in [4.69, 9.17) is 20.3 Å². The van der Waals surface area contributed by atoms with Gasteiger partial charge >= 0.3 is 6.09 Å². The van der Waals surface area contributed by atoms with Crippen LogP contribution in [-0.4, -0.2) is 62.6 Å². The van der Waals surface area contributed by atoms with Gasteiger partial charge in [-0.2, -0.15) is 0 Å². The molecule has 138 valence electrons. The Morgan fingerprint density at radius 1 is 1.46 bits per heavy atom. The number of fused-ring (bicyclic) bond motifs is 2. The SMILES string of the molecule is N=CC(=N)OCC1CN(c2ccc(N3CC4CC3CN4)c(F)c2)C(=O)O1. The lowest BCUT2D eigenvalue weighted by molar-refractivity contribution is 0.102. The summed E-state index contributed by atoms with van der Waals surface area (Å²) in [5.41, 5.74) is 0.998. The number of piperazine rings is 1. The molecule has 0 aliphatic carbocycles. The average molecular weight is 361 g/mol. The number of benzene rings is 1. The second-order valence-corrected chi connectivity index (χ2v) is 6.72. The number of anilines is 2. The number of ether oxygens (including phenoxy) is 2. The maximum atomic E-state index is 14.7. The Balaban J connectivity index is 1.45. The summed E-state index contributed by atoms with van der Waals surface area (Å²) >= 11 is 0. The topological polar surface area (TPSA) is 102 Å². The van der Waals surface area contributed by atoms with E-state index in [1.165, 1.54) is 11.0 Å². The Morgan fingerprint density at radius 2 is 2.31 bits per heavy atom. The summed E-state index contributed by atoms with van der Waals surface area (Å²) in [5.74, 6) is -0.655. The van der Waals surface area contributed by atoms with Gasteiger partial charge in [0.1, 0.15) is 12.4 Å². The molecule has 1 aromatic carbocycles. The van der Waals surface area contributed by atoms with E-state index in [0.29, 0.717) is 23.5 Å². The lowest BCUT2D eigenvalue weighted by Gasteiger charge is -2.30. The summed E-state index contributed by atoms with van der Waals surface area (Å²) < 4.78 is 24.9. The standard InChI is InChI=1S/C17H20FN5O3/c18-14-4-11(1-2-15(14)22-7-10-3-12(22)6-21-10)23-8-13(26-17(23)24)9-25-16(20)5-19/h1-2,4-5,10,12-13,19-21H,3,6-9H2. The van der Waals surface area contributed by atoms with Crippen LogP contribution >= 0.6 is 0 Å². The second kappa shape index (κ2) is 6.56. The number of cyclic esters (lactones) is 1. The quantitative estimate of drug-likeness (QED) is 0.543. The predicted octanol–water partition coefficient (Wildman–Crippen LogP) is 1.34. The fraction of sp³-hybridized carbons (Fsp3) is 0.471. The molecule has 0 aromatic heterocycles. The van der Waals surface area contributed by atoms with Gasteiger partial charge in [0, 0.05) is 25.2 Å². The summed E-state index contributed by atoms with van der Waals surface area (Å²) in [6.45, 7) is 1.86. The van der Waals surface area contributed by atoms with Crippen molar-refractivity contribution in [3.63, 3.8) is 0 Å². The molecule has 0 spiro atoms. The van der Waals surface area contributed by atoms with Crippen LogP contribution in [0.15, 0.2) is 18.2 Å². The number of rotatable bonds is 5. The van der Waals surface area contributed by atoms with Gasteiger partial charge in [-0.3, -0.25) is 10.3 Å². The molecule has 3 atom stereocenters. The minimum absolute atomic E-state index is 0.0130. The van der Waals surface area contributed by atoms with Crippen LogP contribution in [0, 0.1) is 16.6 Å². The van der Waals surface area contributed by atoms with Crippen molar-refractivity contribution in [2.45, 2.75) is 24.6 Å². The molecular formula is C17H20FN5O3. The highest BCUT2D eigenvalue weighted by Gasteiger charge is 2.39. The van der Waals surface area contributed by atoms with E-state index >= 15 is 0 Å². The van der Waals surface area contributed by atoms with Gasteiger partial charge in [0.15, 0.2) is 6.10 Å². The smallest absolute Gasteiger partial charge is 0.414 e. The van der Waals surface area contributed by atoms with E-state index < -0.39 is 12.2 Å². The first-order valence-corrected chi connectivity index (χ1v) is 8.54. The lowest BCUT2D eigenvalue weighted by atomic mass is 10.2. The first-order valence-electron chi connectivity index (χ1n) is 8.54. The summed E-state index contributed by atoms with van der Waals surface area (Å²) in [6, 6.07) is 5.55. The fourth-order valence-electron chi connectivity index (χ4n) is 3.80. The third kappa shape index (κ3) is 2.98. The van der Waals surface area contributed by atoms with Crippen LogP contribution in [0.5, 0.6) is 0 Å². The largest absolute Gasteiger partial charge is 0.473 e. The summed E-state index contributed by atoms with van der Waals surface area (Å²) in [5, 5.41) is 17.5. The summed E-state index contributed by atoms with van der Waals surface area (Å²) in [4.78, 5) is 15.5. The molecule has 1 aromatic rings. The molecule has 3 aliphatic heterocycles. The van der Waals surface area contributed by atoms with Crippen LogP contribution in [-0.2, 0) is 9.47 Å². The molecule has 3 N–H and O–H groups in total. The Labute approximate surface area is 149 Å². The summed E-state index contributed by atoms with van der Waals surface area (Å²) in [7, 11) is 0. The molecule has 8 nitrogen and oxygen atoms in total. The molecule has 2 bridgehead atoms. The molecule has 26 heavy (non-hydrogen) atoms. The van der Waals surface area contributed by atoms with Crippen molar-refractivity contribution in [1.29, 1.82) is 10.8 Å². The zero-order valence-corrected chi connectivity index (χ0v) is 14.1. The molecule has 9 heteroatoms. The van der Waals surface area contributed by atoms with Crippen molar-refractivity contribution in [3.8, 4) is 0 Å². The van der Waals surface area contributed by atoms with Crippen molar-refractivity contribution in [1.82, 2.24) is 5.32 Å². The molecule has 3 saturated heterocycles. The van der Waals surface area contributed by atoms with E-state index in [0.717, 1.165) is 25.7 Å². The molecule has 4 rings (SSSR count). The Morgan fingerprint density at radius 3 is 2.96 bits per heavy atom. The van der Waals surface area contributed by atoms with Crippen LogP contribution in [0.25, 0.3) is 0 Å². The fourth-order valence-corrected chi connectivity index (χ4v) is 3.80. The van der Waals surface area contributed by atoms with Gasteiger partial charge in [-0.25, -0.2) is 9.18 Å². The van der Waals surface area contributed by atoms with E-state index in [1.807, 2.05) is 0 Å². The maximum absolute atomic E-state index is 14.7. The second-order valence-electron chi connectivity index (χ2n) is 6.72. The molecule has 3 fully saturated rings. The van der Waals surface area contributed by atoms with Crippen molar-refractivity contribution in [3.05, 3.63) is 24.0 Å². The number of amides is 1. The van der Waals surface area contributed by atoms with Crippen molar-refractivity contribution < 1.29 is 18.7 Å². The van der Waals surface area contributed by atoms with Crippen LogP contribution in [0.2, 0.25) is 0 Å². The van der Waals surface area contributed by atoms with Crippen molar-refractivity contribution in [2.24, 2.45) is 0 Å². The molecular weight excluding hydrogens is 341 g/mol. The lowest BCUT2D eigenvalue weighted by Crippen LogP contribution is -2.44. The van der Waals surface area contributed by atoms with E-state index in [1.54, 1.807) is 12.1 Å². The predicted molar refractivity (Wildman–Crippen MR) is 94.0 cm³/mol. The van der Waals surface area contributed by atoms with E-state index in [-0.39, 0.29) is 24.9 Å². The molecule has 3 heterocycles. The van der Waals surface area contributed by atoms with Gasteiger partial charge in [0.25, 0.3) is 0 Å². The third-order valence-electron chi connectivity index (χ3n) is 5.04. The van der Waals surface area contributed by atoms with Gasteiger partial charge in [0.05, 0.1) is 24.1 Å². The highest BCUT2D eigenvalue weighted by atomic mass is 19.1. The average Bonchev–Trinajstić information content (AvgIpc) is 3.35. The number of carbonyl (C=O) groups is 1. The highest BCUT2D eigenvalue weighted by molar-refractivity contribution is 6.23. The van der Waals surface area contributed by atoms with Crippen LogP contribution in [0.1, 0.15) is 6.42 Å². The molecule has 1 amide bonds. The van der Waals surface area contributed by atoms with Gasteiger partial charge in [-0.1, -0.05) is 0 Å². The number of halogens is 1. The Bertz CT molecular complexity index is 758. The van der Waals surface area contributed by atoms with E-state index in [9.17, 15) is 9.18 Å². The zero-order valence-electron chi connectivity index (χ0n) is 14.1. The van der Waals surface area contributed by atoms with Crippen LogP contribution in [0.4, 0.5) is 20.6 Å². The van der Waals surface area contributed by atoms with Gasteiger partial charge < -0.3 is 25.1 Å². The Hall–Kier alpha value is -2.68. The number of nitrogens with one attached hydrogen (secondary N) is 3. The van der Waals surface area contributed by atoms with E-state index in [2.05, 4.69) is 10.2 Å². The molecule has 0 radical (unpaired) electrons. The normalized spacial score (nSPS) is 27.0. The van der Waals surface area contributed by atoms with Gasteiger partial charge in [0.2, 0.25) is 5.90 Å². The first kappa shape index (κ1) is 16.8. The Kier molecular flexibility index (Phi) is 4.23.